The predicted octanol–water partition coefficient (Wildman–Crippen LogP) is 3.15. The molecule has 0 fully saturated rings. The van der Waals surface area contributed by atoms with Crippen molar-refractivity contribution >= 4 is 10.0 Å². The first kappa shape index (κ1) is 17.0. The van der Waals surface area contributed by atoms with Gasteiger partial charge in [0.05, 0.1) is 4.90 Å². The number of ether oxygens (including phenoxy) is 1. The highest BCUT2D eigenvalue weighted by Gasteiger charge is 2.18. The van der Waals surface area contributed by atoms with Crippen LogP contribution in [0.15, 0.2) is 41.3 Å². The minimum atomic E-state index is -3.48. The van der Waals surface area contributed by atoms with Crippen LogP contribution >= 0.6 is 0 Å². The Kier molecular flexibility index (Phi) is 4.92. The van der Waals surface area contributed by atoms with E-state index in [-0.39, 0.29) is 6.54 Å². The van der Waals surface area contributed by atoms with E-state index >= 15 is 0 Å². The molecule has 1 N–H and O–H groups in total. The van der Waals surface area contributed by atoms with Crippen molar-refractivity contribution in [1.29, 1.82) is 0 Å². The second kappa shape index (κ2) is 6.95. The van der Waals surface area contributed by atoms with Gasteiger partial charge in [0.15, 0.2) is 0 Å². The molecule has 5 heteroatoms. The van der Waals surface area contributed by atoms with Gasteiger partial charge in [0.25, 0.3) is 0 Å². The van der Waals surface area contributed by atoms with Gasteiger partial charge in [-0.15, -0.1) is 0 Å². The minimum absolute atomic E-state index is 0.243. The van der Waals surface area contributed by atoms with Crippen molar-refractivity contribution in [2.75, 3.05) is 13.2 Å². The summed E-state index contributed by atoms with van der Waals surface area (Å²) in [5.74, 6) is 0.789. The summed E-state index contributed by atoms with van der Waals surface area (Å²) in [5.41, 5.74) is 4.66. The Morgan fingerprint density at radius 3 is 2.62 bits per heavy atom. The van der Waals surface area contributed by atoms with E-state index in [0.717, 1.165) is 36.1 Å². The summed E-state index contributed by atoms with van der Waals surface area (Å²) in [6.45, 7) is 4.55. The molecule has 2 aromatic carbocycles. The Morgan fingerprint density at radius 1 is 1.04 bits per heavy atom. The highest BCUT2D eigenvalue weighted by atomic mass is 32.2. The molecular formula is C19H23NO3S. The molecule has 4 nitrogen and oxygen atoms in total. The largest absolute Gasteiger partial charge is 0.492 e. The zero-order chi connectivity index (χ0) is 17.2. The molecule has 0 saturated carbocycles. The highest BCUT2D eigenvalue weighted by molar-refractivity contribution is 7.89. The van der Waals surface area contributed by atoms with Crippen molar-refractivity contribution in [1.82, 2.24) is 4.72 Å². The molecule has 0 unspecified atom stereocenters. The molecule has 0 aliphatic heterocycles. The summed E-state index contributed by atoms with van der Waals surface area (Å²) in [7, 11) is -3.48. The van der Waals surface area contributed by atoms with Crippen LogP contribution in [0, 0.1) is 13.8 Å². The lowest BCUT2D eigenvalue weighted by Gasteiger charge is -2.11. The van der Waals surface area contributed by atoms with E-state index in [4.69, 9.17) is 4.74 Å². The maximum Gasteiger partial charge on any atom is 0.240 e. The fourth-order valence-corrected chi connectivity index (χ4v) is 4.16. The van der Waals surface area contributed by atoms with Gasteiger partial charge in [-0.3, -0.25) is 0 Å². The summed E-state index contributed by atoms with van der Waals surface area (Å²) in [5, 5.41) is 0. The fourth-order valence-electron chi connectivity index (χ4n) is 3.10. The van der Waals surface area contributed by atoms with Crippen molar-refractivity contribution in [3.05, 3.63) is 58.7 Å². The van der Waals surface area contributed by atoms with Gasteiger partial charge >= 0.3 is 0 Å². The summed E-state index contributed by atoms with van der Waals surface area (Å²) in [6, 6.07) is 11.4. The van der Waals surface area contributed by atoms with Crippen LogP contribution in [-0.2, 0) is 22.9 Å². The average molecular weight is 345 g/mol. The van der Waals surface area contributed by atoms with Gasteiger partial charge in [0, 0.05) is 6.54 Å². The lowest BCUT2D eigenvalue weighted by atomic mass is 10.1. The van der Waals surface area contributed by atoms with Crippen LogP contribution < -0.4 is 9.46 Å². The molecule has 1 aliphatic carbocycles. The van der Waals surface area contributed by atoms with E-state index in [9.17, 15) is 8.42 Å². The Bertz CT molecular complexity index is 844. The number of fused-ring (bicyclic) bond motifs is 1. The quantitative estimate of drug-likeness (QED) is 0.818. The van der Waals surface area contributed by atoms with Crippen LogP contribution in [0.1, 0.15) is 28.7 Å². The Morgan fingerprint density at radius 2 is 1.83 bits per heavy atom. The standard InChI is InChI=1S/C19H23NO3S/c1-14-6-9-19(15(2)12-14)23-11-10-20-24(21,22)18-8-7-16-4-3-5-17(16)13-18/h6-9,12-13,20H,3-5,10-11H2,1-2H3. The fraction of sp³-hybridized carbons (Fsp3) is 0.368. The number of nitrogens with one attached hydrogen (secondary N) is 1. The molecule has 0 spiro atoms. The summed E-state index contributed by atoms with van der Waals surface area (Å²) in [4.78, 5) is 0.342. The van der Waals surface area contributed by atoms with Gasteiger partial charge in [0.1, 0.15) is 12.4 Å². The van der Waals surface area contributed by atoms with E-state index in [2.05, 4.69) is 4.72 Å². The number of sulfonamides is 1. The van der Waals surface area contributed by atoms with Gasteiger partial charge in [-0.05, 0) is 68.0 Å². The Hall–Kier alpha value is -1.85. The minimum Gasteiger partial charge on any atom is -0.492 e. The summed E-state index contributed by atoms with van der Waals surface area (Å²) in [6.07, 6.45) is 3.12. The van der Waals surface area contributed by atoms with Crippen LogP contribution in [0.2, 0.25) is 0 Å². The van der Waals surface area contributed by atoms with Crippen molar-refractivity contribution in [3.8, 4) is 5.75 Å². The first-order chi connectivity index (χ1) is 11.5. The second-order valence-corrected chi connectivity index (χ2v) is 8.07. The third-order valence-electron chi connectivity index (χ3n) is 4.36. The van der Waals surface area contributed by atoms with Crippen LogP contribution in [0.4, 0.5) is 0 Å². The van der Waals surface area contributed by atoms with E-state index in [0.29, 0.717) is 11.5 Å². The van der Waals surface area contributed by atoms with Crippen LogP contribution in [0.5, 0.6) is 5.75 Å². The molecule has 1 aliphatic rings. The molecule has 128 valence electrons. The molecule has 2 aromatic rings. The number of hydrogen-bond donors (Lipinski definition) is 1. The number of rotatable bonds is 6. The van der Waals surface area contributed by atoms with E-state index in [1.54, 1.807) is 12.1 Å². The van der Waals surface area contributed by atoms with E-state index < -0.39 is 10.0 Å². The van der Waals surface area contributed by atoms with Gasteiger partial charge < -0.3 is 4.74 Å². The summed E-state index contributed by atoms with van der Waals surface area (Å²) < 4.78 is 33.1. The topological polar surface area (TPSA) is 55.4 Å². The molecule has 0 bridgehead atoms. The SMILES string of the molecule is Cc1ccc(OCCNS(=O)(=O)c2ccc3c(c2)CCC3)c(C)c1. The van der Waals surface area contributed by atoms with E-state index in [1.165, 1.54) is 11.1 Å². The predicted molar refractivity (Wildman–Crippen MR) is 95.1 cm³/mol. The Labute approximate surface area is 143 Å². The maximum atomic E-state index is 12.4. The maximum absolute atomic E-state index is 12.4. The van der Waals surface area contributed by atoms with Crippen LogP contribution in [0.25, 0.3) is 0 Å². The van der Waals surface area contributed by atoms with Gasteiger partial charge in [-0.2, -0.15) is 0 Å². The number of hydrogen-bond acceptors (Lipinski definition) is 3. The van der Waals surface area contributed by atoms with Gasteiger partial charge in [-0.25, -0.2) is 13.1 Å². The molecule has 3 rings (SSSR count). The molecule has 0 aromatic heterocycles. The third kappa shape index (κ3) is 3.79. The number of benzene rings is 2. The first-order valence-electron chi connectivity index (χ1n) is 8.27. The van der Waals surface area contributed by atoms with Gasteiger partial charge in [0.2, 0.25) is 10.0 Å². The smallest absolute Gasteiger partial charge is 0.240 e. The normalized spacial score (nSPS) is 13.8. The van der Waals surface area contributed by atoms with Gasteiger partial charge in [-0.1, -0.05) is 23.8 Å². The van der Waals surface area contributed by atoms with Crippen molar-refractivity contribution < 1.29 is 13.2 Å². The average Bonchev–Trinajstić information content (AvgIpc) is 3.00. The van der Waals surface area contributed by atoms with E-state index in [1.807, 2.05) is 38.1 Å². The van der Waals surface area contributed by atoms with Crippen molar-refractivity contribution in [3.63, 3.8) is 0 Å². The zero-order valence-corrected chi connectivity index (χ0v) is 14.9. The number of aryl methyl sites for hydroxylation is 4. The zero-order valence-electron chi connectivity index (χ0n) is 14.1. The lowest BCUT2D eigenvalue weighted by molar-refractivity contribution is 0.320. The molecule has 0 atom stereocenters. The summed E-state index contributed by atoms with van der Waals surface area (Å²) >= 11 is 0. The van der Waals surface area contributed by atoms with Crippen LogP contribution in [0.3, 0.4) is 0 Å². The molecule has 0 heterocycles. The molecular weight excluding hydrogens is 322 g/mol. The Balaban J connectivity index is 1.57. The van der Waals surface area contributed by atoms with Crippen molar-refractivity contribution in [2.45, 2.75) is 38.0 Å². The molecule has 0 radical (unpaired) electrons. The lowest BCUT2D eigenvalue weighted by Crippen LogP contribution is -2.28. The second-order valence-electron chi connectivity index (χ2n) is 6.30. The molecule has 0 amide bonds. The first-order valence-corrected chi connectivity index (χ1v) is 9.75. The van der Waals surface area contributed by atoms with Crippen molar-refractivity contribution in [2.24, 2.45) is 0 Å². The third-order valence-corrected chi connectivity index (χ3v) is 5.82. The molecule has 0 saturated heterocycles. The highest BCUT2D eigenvalue weighted by Crippen LogP contribution is 2.24. The monoisotopic (exact) mass is 345 g/mol. The molecule has 24 heavy (non-hydrogen) atoms. The van der Waals surface area contributed by atoms with Crippen LogP contribution in [-0.4, -0.2) is 21.6 Å².